The second-order valence-corrected chi connectivity index (χ2v) is 5.52. The lowest BCUT2D eigenvalue weighted by Crippen LogP contribution is -2.30. The summed E-state index contributed by atoms with van der Waals surface area (Å²) in [5.41, 5.74) is 1.53. The third kappa shape index (κ3) is 3.32. The van der Waals surface area contributed by atoms with E-state index in [1.165, 1.54) is 44.3 Å². The van der Waals surface area contributed by atoms with Crippen LogP contribution >= 0.6 is 11.3 Å². The Morgan fingerprint density at radius 1 is 1.47 bits per heavy atom. The molecule has 1 N–H and O–H groups in total. The zero-order valence-corrected chi connectivity index (χ0v) is 10.4. The van der Waals surface area contributed by atoms with Gasteiger partial charge < -0.3 is 5.32 Å². The average Bonchev–Trinajstić information content (AvgIpc) is 2.80. The molecule has 15 heavy (non-hydrogen) atoms. The minimum absolute atomic E-state index is 0.895. The van der Waals surface area contributed by atoms with Crippen molar-refractivity contribution in [2.24, 2.45) is 11.8 Å². The monoisotopic (exact) mass is 223 g/mol. The van der Waals surface area contributed by atoms with E-state index in [1.807, 2.05) is 11.3 Å². The molecule has 0 saturated carbocycles. The summed E-state index contributed by atoms with van der Waals surface area (Å²) in [4.78, 5) is 0. The van der Waals surface area contributed by atoms with Crippen LogP contribution in [0.25, 0.3) is 0 Å². The SMILES string of the molecule is CC(CCc1ccsc1)C1CCNCC1. The van der Waals surface area contributed by atoms with E-state index in [1.54, 1.807) is 0 Å². The molecule has 1 atom stereocenters. The molecule has 0 spiro atoms. The van der Waals surface area contributed by atoms with Gasteiger partial charge in [-0.2, -0.15) is 11.3 Å². The maximum atomic E-state index is 3.44. The number of nitrogens with one attached hydrogen (secondary N) is 1. The van der Waals surface area contributed by atoms with Crippen molar-refractivity contribution in [3.63, 3.8) is 0 Å². The summed E-state index contributed by atoms with van der Waals surface area (Å²) in [6.07, 6.45) is 5.39. The molecular weight excluding hydrogens is 202 g/mol. The molecule has 1 nitrogen and oxygen atoms in total. The van der Waals surface area contributed by atoms with Gasteiger partial charge in [-0.3, -0.25) is 0 Å². The van der Waals surface area contributed by atoms with E-state index < -0.39 is 0 Å². The Hall–Kier alpha value is -0.340. The minimum Gasteiger partial charge on any atom is -0.317 e. The Kier molecular flexibility index (Phi) is 4.21. The van der Waals surface area contributed by atoms with E-state index in [0.717, 1.165) is 11.8 Å². The number of thiophene rings is 1. The van der Waals surface area contributed by atoms with Crippen LogP contribution in [0.15, 0.2) is 16.8 Å². The predicted octanol–water partition coefficient (Wildman–Crippen LogP) is 3.32. The van der Waals surface area contributed by atoms with Crippen LogP contribution in [0.1, 0.15) is 31.7 Å². The summed E-state index contributed by atoms with van der Waals surface area (Å²) < 4.78 is 0. The van der Waals surface area contributed by atoms with Crippen molar-refractivity contribution in [1.82, 2.24) is 5.32 Å². The van der Waals surface area contributed by atoms with Crippen LogP contribution in [0.5, 0.6) is 0 Å². The van der Waals surface area contributed by atoms with Crippen molar-refractivity contribution in [2.45, 2.75) is 32.6 Å². The Morgan fingerprint density at radius 3 is 2.93 bits per heavy atom. The Balaban J connectivity index is 1.74. The molecule has 1 aromatic heterocycles. The highest BCUT2D eigenvalue weighted by molar-refractivity contribution is 7.07. The highest BCUT2D eigenvalue weighted by atomic mass is 32.1. The van der Waals surface area contributed by atoms with Crippen LogP contribution in [-0.4, -0.2) is 13.1 Å². The van der Waals surface area contributed by atoms with Gasteiger partial charge in [0.1, 0.15) is 0 Å². The van der Waals surface area contributed by atoms with Crippen LogP contribution in [-0.2, 0) is 6.42 Å². The smallest absolute Gasteiger partial charge is 0.00462 e. The zero-order chi connectivity index (χ0) is 10.5. The second-order valence-electron chi connectivity index (χ2n) is 4.73. The molecule has 1 aromatic rings. The number of piperidine rings is 1. The van der Waals surface area contributed by atoms with Crippen molar-refractivity contribution < 1.29 is 0 Å². The molecule has 0 aromatic carbocycles. The summed E-state index contributed by atoms with van der Waals surface area (Å²) in [6, 6.07) is 2.26. The predicted molar refractivity (Wildman–Crippen MR) is 67.4 cm³/mol. The highest BCUT2D eigenvalue weighted by Crippen LogP contribution is 2.25. The molecule has 2 heterocycles. The fourth-order valence-electron chi connectivity index (χ4n) is 2.48. The van der Waals surface area contributed by atoms with Crippen LogP contribution < -0.4 is 5.32 Å². The topological polar surface area (TPSA) is 12.0 Å². The molecule has 1 unspecified atom stereocenters. The number of hydrogen-bond acceptors (Lipinski definition) is 2. The first-order valence-electron chi connectivity index (χ1n) is 6.08. The quantitative estimate of drug-likeness (QED) is 0.825. The first kappa shape index (κ1) is 11.2. The Morgan fingerprint density at radius 2 is 2.27 bits per heavy atom. The summed E-state index contributed by atoms with van der Waals surface area (Å²) in [5, 5.41) is 7.91. The molecule has 2 rings (SSSR count). The molecule has 2 heteroatoms. The molecule has 84 valence electrons. The van der Waals surface area contributed by atoms with Gasteiger partial charge in [0.2, 0.25) is 0 Å². The van der Waals surface area contributed by atoms with Gasteiger partial charge in [-0.1, -0.05) is 6.92 Å². The molecule has 1 aliphatic heterocycles. The summed E-state index contributed by atoms with van der Waals surface area (Å²) >= 11 is 1.82. The van der Waals surface area contributed by atoms with Gasteiger partial charge in [0.15, 0.2) is 0 Å². The zero-order valence-electron chi connectivity index (χ0n) is 9.54. The second kappa shape index (κ2) is 5.66. The maximum Gasteiger partial charge on any atom is -0.00462 e. The van der Waals surface area contributed by atoms with Gasteiger partial charge >= 0.3 is 0 Å². The van der Waals surface area contributed by atoms with E-state index in [9.17, 15) is 0 Å². The molecule has 1 saturated heterocycles. The molecule has 1 fully saturated rings. The van der Waals surface area contributed by atoms with Crippen LogP contribution in [0.4, 0.5) is 0 Å². The third-order valence-electron chi connectivity index (χ3n) is 3.66. The molecule has 0 aliphatic carbocycles. The van der Waals surface area contributed by atoms with Gasteiger partial charge in [-0.05, 0) is 73.0 Å². The minimum atomic E-state index is 0.895. The Bertz CT molecular complexity index is 262. The average molecular weight is 223 g/mol. The molecule has 0 radical (unpaired) electrons. The Labute approximate surface area is 96.9 Å². The van der Waals surface area contributed by atoms with Gasteiger partial charge in [-0.15, -0.1) is 0 Å². The standard InChI is InChI=1S/C13H21NS/c1-11(13-4-7-14-8-5-13)2-3-12-6-9-15-10-12/h6,9-11,13-14H,2-5,7-8H2,1H3. The fourth-order valence-corrected chi connectivity index (χ4v) is 3.18. The van der Waals surface area contributed by atoms with Crippen molar-refractivity contribution in [2.75, 3.05) is 13.1 Å². The lowest BCUT2D eigenvalue weighted by molar-refractivity contribution is 0.264. The van der Waals surface area contributed by atoms with Crippen LogP contribution in [0, 0.1) is 11.8 Å². The number of hydrogen-bond donors (Lipinski definition) is 1. The molecule has 0 bridgehead atoms. The molecule has 1 aliphatic rings. The highest BCUT2D eigenvalue weighted by Gasteiger charge is 2.19. The van der Waals surface area contributed by atoms with Gasteiger partial charge in [-0.25, -0.2) is 0 Å². The normalized spacial score (nSPS) is 20.3. The van der Waals surface area contributed by atoms with E-state index >= 15 is 0 Å². The van der Waals surface area contributed by atoms with E-state index in [-0.39, 0.29) is 0 Å². The van der Waals surface area contributed by atoms with Crippen LogP contribution in [0.3, 0.4) is 0 Å². The van der Waals surface area contributed by atoms with Gasteiger partial charge in [0, 0.05) is 0 Å². The van der Waals surface area contributed by atoms with Crippen molar-refractivity contribution in [1.29, 1.82) is 0 Å². The maximum absolute atomic E-state index is 3.44. The fraction of sp³-hybridized carbons (Fsp3) is 0.692. The largest absolute Gasteiger partial charge is 0.317 e. The third-order valence-corrected chi connectivity index (χ3v) is 4.39. The lowest BCUT2D eigenvalue weighted by Gasteiger charge is -2.28. The van der Waals surface area contributed by atoms with Crippen LogP contribution in [0.2, 0.25) is 0 Å². The van der Waals surface area contributed by atoms with E-state index in [2.05, 4.69) is 29.1 Å². The van der Waals surface area contributed by atoms with E-state index in [4.69, 9.17) is 0 Å². The van der Waals surface area contributed by atoms with Gasteiger partial charge in [0.25, 0.3) is 0 Å². The number of rotatable bonds is 4. The van der Waals surface area contributed by atoms with Crippen molar-refractivity contribution >= 4 is 11.3 Å². The number of aryl methyl sites for hydroxylation is 1. The summed E-state index contributed by atoms with van der Waals surface area (Å²) in [7, 11) is 0. The van der Waals surface area contributed by atoms with E-state index in [0.29, 0.717) is 0 Å². The first-order valence-corrected chi connectivity index (χ1v) is 7.02. The van der Waals surface area contributed by atoms with Crippen molar-refractivity contribution in [3.8, 4) is 0 Å². The first-order chi connectivity index (χ1) is 7.36. The summed E-state index contributed by atoms with van der Waals surface area (Å²) in [6.45, 7) is 4.89. The molecule has 0 amide bonds. The van der Waals surface area contributed by atoms with Gasteiger partial charge in [0.05, 0.1) is 0 Å². The lowest BCUT2D eigenvalue weighted by atomic mass is 9.83. The summed E-state index contributed by atoms with van der Waals surface area (Å²) in [5.74, 6) is 1.86. The molecular formula is C13H21NS. The van der Waals surface area contributed by atoms with Crippen molar-refractivity contribution in [3.05, 3.63) is 22.4 Å².